The molecule has 2 amide bonds. The molecule has 7 rings (SSSR count). The van der Waals surface area contributed by atoms with E-state index in [0.29, 0.717) is 31.2 Å². The highest BCUT2D eigenvalue weighted by molar-refractivity contribution is 6.33. The molecule has 0 saturated carbocycles. The molecule has 2 aliphatic rings. The third kappa shape index (κ3) is 6.35. The van der Waals surface area contributed by atoms with Crippen molar-refractivity contribution in [2.45, 2.75) is 32.5 Å². The van der Waals surface area contributed by atoms with Crippen LogP contribution in [0.1, 0.15) is 40.8 Å². The largest absolute Gasteiger partial charge is 0.416 e. The van der Waals surface area contributed by atoms with Crippen LogP contribution in [0.5, 0.6) is 0 Å². The van der Waals surface area contributed by atoms with Gasteiger partial charge in [-0.15, -0.1) is 5.10 Å². The lowest BCUT2D eigenvalue weighted by Gasteiger charge is -2.36. The minimum atomic E-state index is -4.61. The van der Waals surface area contributed by atoms with E-state index in [1.165, 1.54) is 21.8 Å². The van der Waals surface area contributed by atoms with Gasteiger partial charge in [0, 0.05) is 44.8 Å². The van der Waals surface area contributed by atoms with Crippen LogP contribution in [-0.4, -0.2) is 89.9 Å². The van der Waals surface area contributed by atoms with Gasteiger partial charge in [-0.25, -0.2) is 9.50 Å². The number of ether oxygens (including phenoxy) is 1. The molecule has 0 radical (unpaired) electrons. The molecule has 0 unspecified atom stereocenters. The first-order chi connectivity index (χ1) is 24.4. The van der Waals surface area contributed by atoms with Gasteiger partial charge < -0.3 is 24.4 Å². The summed E-state index contributed by atoms with van der Waals surface area (Å²) in [6, 6.07) is 2.62. The van der Waals surface area contributed by atoms with Gasteiger partial charge in [0.05, 0.1) is 35.2 Å². The Morgan fingerprint density at radius 1 is 1.14 bits per heavy atom. The van der Waals surface area contributed by atoms with Gasteiger partial charge in [0.25, 0.3) is 11.5 Å². The highest BCUT2D eigenvalue weighted by Crippen LogP contribution is 2.34. The quantitative estimate of drug-likeness (QED) is 0.257. The maximum atomic E-state index is 14.2. The highest BCUT2D eigenvalue weighted by Gasteiger charge is 2.32. The second-order valence-electron chi connectivity index (χ2n) is 11.9. The van der Waals surface area contributed by atoms with Crippen LogP contribution in [0, 0.1) is 0 Å². The summed E-state index contributed by atoms with van der Waals surface area (Å²) in [6.45, 7) is 3.03. The number of amides is 2. The number of benzene rings is 1. The molecule has 1 aromatic carbocycles. The number of halogens is 4. The number of H-pyrrole nitrogens is 1. The van der Waals surface area contributed by atoms with Crippen LogP contribution >= 0.6 is 11.6 Å². The van der Waals surface area contributed by atoms with Crippen molar-refractivity contribution in [3.63, 3.8) is 0 Å². The standard InChI is InChI=1S/C32H30ClF3N10O5/c1-2-23-25(42-9-11-43(12-10-42)29(49)20-16-38-45-8-7-37-28(45)26(20)48)30(50)46-31(40-27(41-46)18-5-13-51-14-6-18)44(23)17-24(47)39-22-4-3-19(15-21(22)33)32(34,35)36/h3-5,7-8,15-16,38H,2,6,9-14,17H2,1H3,(H,39,47). The highest BCUT2D eigenvalue weighted by atomic mass is 35.5. The van der Waals surface area contributed by atoms with E-state index in [9.17, 15) is 32.3 Å². The zero-order valence-corrected chi connectivity index (χ0v) is 27.8. The van der Waals surface area contributed by atoms with Crippen molar-refractivity contribution in [3.8, 4) is 0 Å². The van der Waals surface area contributed by atoms with Crippen molar-refractivity contribution in [2.24, 2.45) is 0 Å². The maximum Gasteiger partial charge on any atom is 0.416 e. The van der Waals surface area contributed by atoms with Crippen molar-refractivity contribution in [1.29, 1.82) is 0 Å². The van der Waals surface area contributed by atoms with Crippen molar-refractivity contribution in [3.05, 3.63) is 91.1 Å². The van der Waals surface area contributed by atoms with E-state index in [2.05, 4.69) is 25.5 Å². The molecule has 1 fully saturated rings. The number of carbonyl (C=O) groups is 2. The lowest BCUT2D eigenvalue weighted by molar-refractivity contribution is -0.137. The molecule has 1 saturated heterocycles. The summed E-state index contributed by atoms with van der Waals surface area (Å²) < 4.78 is 49.1. The van der Waals surface area contributed by atoms with Crippen LogP contribution in [0.15, 0.2) is 52.5 Å². The lowest BCUT2D eigenvalue weighted by Crippen LogP contribution is -2.51. The van der Waals surface area contributed by atoms with Crippen LogP contribution in [0.3, 0.4) is 0 Å². The van der Waals surface area contributed by atoms with E-state index in [4.69, 9.17) is 16.3 Å². The summed E-state index contributed by atoms with van der Waals surface area (Å²) in [6.07, 6.45) is 2.35. The molecular formula is C32H30ClF3N10O5. The smallest absolute Gasteiger partial charge is 0.377 e. The SMILES string of the molecule is CCc1c(N2CCN(C(=O)c3c[nH]n4ccnc4c3=O)CC2)c(=O)n2nc(C3=CCOCC3)nc2n1CC(=O)Nc1ccc(C(F)(F)F)cc1Cl. The van der Waals surface area contributed by atoms with Crippen molar-refractivity contribution >= 4 is 51.8 Å². The fourth-order valence-corrected chi connectivity index (χ4v) is 6.51. The fraction of sp³-hybridized carbons (Fsp3) is 0.344. The number of hydrogen-bond acceptors (Lipinski definition) is 9. The Morgan fingerprint density at radius 2 is 1.92 bits per heavy atom. The van der Waals surface area contributed by atoms with Gasteiger partial charge in [-0.05, 0) is 36.6 Å². The number of fused-ring (bicyclic) bond motifs is 2. The molecule has 0 aliphatic carbocycles. The van der Waals surface area contributed by atoms with E-state index in [0.717, 1.165) is 28.3 Å². The number of alkyl halides is 3. The summed E-state index contributed by atoms with van der Waals surface area (Å²) in [5.74, 6) is -0.717. The zero-order valence-electron chi connectivity index (χ0n) is 27.0. The fourth-order valence-electron chi connectivity index (χ4n) is 6.28. The third-order valence-corrected chi connectivity index (χ3v) is 9.15. The lowest BCUT2D eigenvalue weighted by atomic mass is 10.1. The number of carbonyl (C=O) groups excluding carboxylic acids is 2. The number of nitrogens with one attached hydrogen (secondary N) is 2. The van der Waals surface area contributed by atoms with Gasteiger partial charge in [-0.1, -0.05) is 24.6 Å². The summed E-state index contributed by atoms with van der Waals surface area (Å²) in [7, 11) is 0. The Kier molecular flexibility index (Phi) is 8.88. The summed E-state index contributed by atoms with van der Waals surface area (Å²) in [4.78, 5) is 66.0. The molecule has 0 bridgehead atoms. The number of piperazine rings is 1. The molecule has 6 heterocycles. The summed E-state index contributed by atoms with van der Waals surface area (Å²) in [5, 5.41) is 9.65. The molecular weight excluding hydrogens is 697 g/mol. The number of rotatable bonds is 7. The third-order valence-electron chi connectivity index (χ3n) is 8.83. The van der Waals surface area contributed by atoms with Gasteiger partial charge in [0.15, 0.2) is 5.82 Å². The second kappa shape index (κ2) is 13.3. The number of anilines is 2. The van der Waals surface area contributed by atoms with Gasteiger partial charge in [-0.3, -0.25) is 24.3 Å². The number of aromatic nitrogens is 7. The molecule has 0 spiro atoms. The molecule has 266 valence electrons. The maximum absolute atomic E-state index is 14.2. The van der Waals surface area contributed by atoms with Crippen LogP contribution in [-0.2, 0) is 28.7 Å². The zero-order chi connectivity index (χ0) is 36.0. The van der Waals surface area contributed by atoms with E-state index < -0.39 is 34.5 Å². The Hall–Kier alpha value is -5.49. The molecule has 15 nitrogen and oxygen atoms in total. The van der Waals surface area contributed by atoms with E-state index in [-0.39, 0.29) is 72.5 Å². The predicted molar refractivity (Wildman–Crippen MR) is 179 cm³/mol. The number of hydrogen-bond donors (Lipinski definition) is 2. The topological polar surface area (TPSA) is 164 Å². The number of aromatic amines is 1. The Bertz CT molecular complexity index is 2340. The molecule has 51 heavy (non-hydrogen) atoms. The van der Waals surface area contributed by atoms with E-state index in [1.54, 1.807) is 10.8 Å². The average Bonchev–Trinajstić information content (AvgIpc) is 3.79. The second-order valence-corrected chi connectivity index (χ2v) is 12.3. The van der Waals surface area contributed by atoms with Crippen molar-refractivity contribution in [2.75, 3.05) is 49.6 Å². The Morgan fingerprint density at radius 3 is 2.61 bits per heavy atom. The molecule has 2 N–H and O–H groups in total. The Balaban J connectivity index is 1.22. The first-order valence-electron chi connectivity index (χ1n) is 16.0. The molecule has 0 atom stereocenters. The van der Waals surface area contributed by atoms with Crippen LogP contribution in [0.4, 0.5) is 24.5 Å². The van der Waals surface area contributed by atoms with Gasteiger partial charge in [0.1, 0.15) is 17.8 Å². The normalized spacial score (nSPS) is 15.4. The van der Waals surface area contributed by atoms with Gasteiger partial charge >= 0.3 is 6.18 Å². The summed E-state index contributed by atoms with van der Waals surface area (Å²) >= 11 is 6.11. The first kappa shape index (κ1) is 34.0. The molecule has 19 heteroatoms. The molecule has 4 aromatic heterocycles. The van der Waals surface area contributed by atoms with Crippen LogP contribution < -0.4 is 21.2 Å². The minimum absolute atomic E-state index is 0.0222. The van der Waals surface area contributed by atoms with Crippen molar-refractivity contribution < 1.29 is 27.5 Å². The first-order valence-corrected chi connectivity index (χ1v) is 16.4. The molecule has 2 aliphatic heterocycles. The van der Waals surface area contributed by atoms with E-state index in [1.807, 2.05) is 17.9 Å². The monoisotopic (exact) mass is 726 g/mol. The number of nitrogens with zero attached hydrogens (tertiary/aromatic N) is 8. The minimum Gasteiger partial charge on any atom is -0.377 e. The number of imidazole rings is 1. The van der Waals surface area contributed by atoms with Gasteiger partial charge in [0.2, 0.25) is 22.8 Å². The van der Waals surface area contributed by atoms with Crippen molar-refractivity contribution in [1.82, 2.24) is 38.7 Å². The Labute approximate surface area is 290 Å². The summed E-state index contributed by atoms with van der Waals surface area (Å²) in [5.41, 5.74) is -0.448. The predicted octanol–water partition coefficient (Wildman–Crippen LogP) is 2.87. The van der Waals surface area contributed by atoms with Crippen LogP contribution in [0.25, 0.3) is 17.0 Å². The molecule has 5 aromatic rings. The van der Waals surface area contributed by atoms with Gasteiger partial charge in [-0.2, -0.15) is 22.7 Å². The average molecular weight is 727 g/mol. The van der Waals surface area contributed by atoms with Crippen LogP contribution in [0.2, 0.25) is 5.02 Å². The van der Waals surface area contributed by atoms with E-state index >= 15 is 0 Å².